The molecule has 2 aromatic carbocycles. The minimum absolute atomic E-state index is 0. The first kappa shape index (κ1) is 23.6. The van der Waals surface area contributed by atoms with Gasteiger partial charge in [0, 0.05) is 32.6 Å². The van der Waals surface area contributed by atoms with Gasteiger partial charge < -0.3 is 14.8 Å². The van der Waals surface area contributed by atoms with E-state index in [1.54, 1.807) is 12.1 Å². The van der Waals surface area contributed by atoms with Crippen LogP contribution in [-0.2, 0) is 6.42 Å². The molecule has 9 heteroatoms. The summed E-state index contributed by atoms with van der Waals surface area (Å²) in [5, 5.41) is 3.34. The molecule has 1 saturated heterocycles. The molecule has 2 aromatic rings. The Bertz CT molecular complexity index is 797. The zero-order chi connectivity index (χ0) is 18.9. The Hall–Kier alpha value is -1.67. The van der Waals surface area contributed by atoms with Crippen LogP contribution in [0.4, 0.5) is 13.2 Å². The van der Waals surface area contributed by atoms with Gasteiger partial charge in [-0.1, -0.05) is 24.3 Å². The molecular formula is C20H23Cl2F3N2O2. The number of nitrogens with zero attached hydrogens (tertiary/aromatic N) is 1. The average Bonchev–Trinajstić information content (AvgIpc) is 3.11. The molecule has 0 amide bonds. The Morgan fingerprint density at radius 2 is 1.62 bits per heavy atom. The summed E-state index contributed by atoms with van der Waals surface area (Å²) >= 11 is 0. The van der Waals surface area contributed by atoms with E-state index in [0.29, 0.717) is 6.61 Å². The van der Waals surface area contributed by atoms with Gasteiger partial charge in [-0.3, -0.25) is 4.90 Å². The summed E-state index contributed by atoms with van der Waals surface area (Å²) in [5.41, 5.74) is 3.26. The van der Waals surface area contributed by atoms with Crippen molar-refractivity contribution in [3.05, 3.63) is 59.2 Å². The second-order valence-corrected chi connectivity index (χ2v) is 6.77. The van der Waals surface area contributed by atoms with E-state index >= 15 is 0 Å². The summed E-state index contributed by atoms with van der Waals surface area (Å²) in [6.45, 7) is 4.22. The number of hydrogen-bond donors (Lipinski definition) is 1. The van der Waals surface area contributed by atoms with Gasteiger partial charge in [0.25, 0.3) is 0 Å². The molecule has 0 aromatic heterocycles. The lowest BCUT2D eigenvalue weighted by Gasteiger charge is -2.35. The van der Waals surface area contributed by atoms with Crippen molar-refractivity contribution in [1.29, 1.82) is 0 Å². The highest BCUT2D eigenvalue weighted by Gasteiger charge is 2.31. The molecule has 0 unspecified atom stereocenters. The van der Waals surface area contributed by atoms with E-state index in [1.807, 2.05) is 6.07 Å². The first-order valence-corrected chi connectivity index (χ1v) is 9.06. The minimum Gasteiger partial charge on any atom is -0.493 e. The number of alkyl halides is 3. The Morgan fingerprint density at radius 1 is 0.966 bits per heavy atom. The molecule has 1 atom stereocenters. The maximum Gasteiger partial charge on any atom is 0.573 e. The van der Waals surface area contributed by atoms with E-state index in [2.05, 4.69) is 27.1 Å². The molecule has 0 bridgehead atoms. The van der Waals surface area contributed by atoms with E-state index in [1.165, 1.54) is 17.7 Å². The summed E-state index contributed by atoms with van der Waals surface area (Å²) in [4.78, 5) is 2.35. The van der Waals surface area contributed by atoms with Crippen molar-refractivity contribution < 1.29 is 22.6 Å². The van der Waals surface area contributed by atoms with Crippen molar-refractivity contribution in [2.75, 3.05) is 32.8 Å². The number of fused-ring (bicyclic) bond motifs is 1. The van der Waals surface area contributed by atoms with Crippen molar-refractivity contribution in [2.24, 2.45) is 0 Å². The number of ether oxygens (including phenoxy) is 2. The molecule has 29 heavy (non-hydrogen) atoms. The highest BCUT2D eigenvalue weighted by molar-refractivity contribution is 5.85. The molecule has 160 valence electrons. The first-order valence-electron chi connectivity index (χ1n) is 9.06. The van der Waals surface area contributed by atoms with Gasteiger partial charge in [-0.25, -0.2) is 0 Å². The van der Waals surface area contributed by atoms with Crippen LogP contribution < -0.4 is 14.8 Å². The third-order valence-corrected chi connectivity index (χ3v) is 4.98. The predicted molar refractivity (Wildman–Crippen MR) is 110 cm³/mol. The summed E-state index contributed by atoms with van der Waals surface area (Å²) in [6, 6.07) is 12.4. The molecule has 0 aliphatic carbocycles. The second kappa shape index (κ2) is 9.89. The van der Waals surface area contributed by atoms with Crippen LogP contribution in [0.1, 0.15) is 22.7 Å². The molecule has 0 radical (unpaired) electrons. The maximum absolute atomic E-state index is 12.4. The van der Waals surface area contributed by atoms with Crippen molar-refractivity contribution in [3.8, 4) is 11.5 Å². The van der Waals surface area contributed by atoms with E-state index in [4.69, 9.17) is 4.74 Å². The molecular weight excluding hydrogens is 428 g/mol. The number of piperazine rings is 1. The quantitative estimate of drug-likeness (QED) is 0.750. The van der Waals surface area contributed by atoms with Gasteiger partial charge in [-0.2, -0.15) is 0 Å². The van der Waals surface area contributed by atoms with E-state index in [0.717, 1.165) is 49.5 Å². The lowest BCUT2D eigenvalue weighted by molar-refractivity contribution is -0.274. The monoisotopic (exact) mass is 450 g/mol. The van der Waals surface area contributed by atoms with Gasteiger partial charge in [0.05, 0.1) is 12.6 Å². The number of halogens is 5. The molecule has 1 N–H and O–H groups in total. The van der Waals surface area contributed by atoms with Gasteiger partial charge in [0.1, 0.15) is 11.5 Å². The Balaban J connectivity index is 0.00000150. The van der Waals surface area contributed by atoms with Crippen molar-refractivity contribution >= 4 is 24.8 Å². The fourth-order valence-electron chi connectivity index (χ4n) is 3.78. The smallest absolute Gasteiger partial charge is 0.493 e. The van der Waals surface area contributed by atoms with E-state index < -0.39 is 6.36 Å². The highest BCUT2D eigenvalue weighted by atomic mass is 35.5. The van der Waals surface area contributed by atoms with Crippen molar-refractivity contribution in [2.45, 2.75) is 18.8 Å². The van der Waals surface area contributed by atoms with Crippen LogP contribution in [0.25, 0.3) is 0 Å². The lowest BCUT2D eigenvalue weighted by atomic mass is 9.94. The standard InChI is InChI=1S/C20H21F3N2O2.2ClH/c21-20(22,23)27-17-4-1-14(2-5-17)19(25-10-8-24-9-11-25)16-3-6-18-15(13-16)7-12-26-18;;/h1-6,13,19,24H,7-12H2;2*1H/t19-;;/m1../s1. The number of benzene rings is 2. The summed E-state index contributed by atoms with van der Waals surface area (Å²) < 4.78 is 46.9. The van der Waals surface area contributed by atoms with Gasteiger partial charge in [0.2, 0.25) is 0 Å². The van der Waals surface area contributed by atoms with Crippen LogP contribution in [0.15, 0.2) is 42.5 Å². The minimum atomic E-state index is -4.68. The van der Waals surface area contributed by atoms with E-state index in [9.17, 15) is 13.2 Å². The molecule has 2 aliphatic heterocycles. The third kappa shape index (κ3) is 5.69. The molecule has 2 heterocycles. The zero-order valence-corrected chi connectivity index (χ0v) is 17.2. The molecule has 0 saturated carbocycles. The fraction of sp³-hybridized carbons (Fsp3) is 0.400. The highest BCUT2D eigenvalue weighted by Crippen LogP contribution is 2.35. The zero-order valence-electron chi connectivity index (χ0n) is 15.6. The van der Waals surface area contributed by atoms with Crippen LogP contribution in [-0.4, -0.2) is 44.0 Å². The van der Waals surface area contributed by atoms with Crippen LogP contribution in [0.2, 0.25) is 0 Å². The number of hydrogen-bond acceptors (Lipinski definition) is 4. The average molecular weight is 451 g/mol. The molecule has 0 spiro atoms. The Morgan fingerprint density at radius 3 is 2.28 bits per heavy atom. The number of nitrogens with one attached hydrogen (secondary N) is 1. The second-order valence-electron chi connectivity index (χ2n) is 6.77. The summed E-state index contributed by atoms with van der Waals surface area (Å²) in [7, 11) is 0. The van der Waals surface area contributed by atoms with Crippen LogP contribution in [0.5, 0.6) is 11.5 Å². The summed E-state index contributed by atoms with van der Waals surface area (Å²) in [5.74, 6) is 0.722. The topological polar surface area (TPSA) is 33.7 Å². The van der Waals surface area contributed by atoms with Crippen molar-refractivity contribution in [1.82, 2.24) is 10.2 Å². The number of rotatable bonds is 4. The first-order chi connectivity index (χ1) is 13.0. The summed E-state index contributed by atoms with van der Waals surface area (Å²) in [6.07, 6.45) is -3.80. The Labute approximate surface area is 180 Å². The Kier molecular flexibility index (Phi) is 8.05. The lowest BCUT2D eigenvalue weighted by Crippen LogP contribution is -2.45. The van der Waals surface area contributed by atoms with Crippen LogP contribution in [0, 0.1) is 0 Å². The molecule has 1 fully saturated rings. The molecule has 2 aliphatic rings. The van der Waals surface area contributed by atoms with Crippen LogP contribution >= 0.6 is 24.8 Å². The fourth-order valence-corrected chi connectivity index (χ4v) is 3.78. The maximum atomic E-state index is 12.4. The van der Waals surface area contributed by atoms with E-state index in [-0.39, 0.29) is 36.6 Å². The predicted octanol–water partition coefficient (Wildman–Crippen LogP) is 4.36. The molecule has 4 nitrogen and oxygen atoms in total. The van der Waals surface area contributed by atoms with Gasteiger partial charge in [-0.05, 0) is 34.9 Å². The van der Waals surface area contributed by atoms with Gasteiger partial charge in [-0.15, -0.1) is 38.0 Å². The third-order valence-electron chi connectivity index (χ3n) is 4.98. The van der Waals surface area contributed by atoms with Crippen molar-refractivity contribution in [3.63, 3.8) is 0 Å². The van der Waals surface area contributed by atoms with Crippen LogP contribution in [0.3, 0.4) is 0 Å². The largest absolute Gasteiger partial charge is 0.573 e. The normalized spacial score (nSPS) is 17.3. The SMILES string of the molecule is Cl.Cl.FC(F)(F)Oc1ccc([C@H](c2ccc3c(c2)CCO3)N2CCNCC2)cc1. The van der Waals surface area contributed by atoms with Gasteiger partial charge in [0.15, 0.2) is 0 Å². The van der Waals surface area contributed by atoms with Gasteiger partial charge >= 0.3 is 6.36 Å². The molecule has 4 rings (SSSR count).